The lowest BCUT2D eigenvalue weighted by molar-refractivity contribution is -0.131. The first-order valence-electron chi connectivity index (χ1n) is 8.06. The topological polar surface area (TPSA) is 66.5 Å². The highest BCUT2D eigenvalue weighted by Crippen LogP contribution is 2.29. The van der Waals surface area contributed by atoms with Gasteiger partial charge < -0.3 is 4.90 Å². The van der Waals surface area contributed by atoms with Gasteiger partial charge in [-0.2, -0.15) is 0 Å². The predicted molar refractivity (Wildman–Crippen MR) is 85.8 cm³/mol. The number of hydrogen-bond donors (Lipinski definition) is 1. The Bertz CT molecular complexity index is 691. The van der Waals surface area contributed by atoms with Crippen molar-refractivity contribution in [2.45, 2.75) is 37.5 Å². The zero-order chi connectivity index (χ0) is 17.7. The van der Waals surface area contributed by atoms with E-state index in [2.05, 4.69) is 4.72 Å². The van der Waals surface area contributed by atoms with Crippen LogP contribution in [0.15, 0.2) is 23.1 Å². The zero-order valence-electron chi connectivity index (χ0n) is 13.6. The van der Waals surface area contributed by atoms with E-state index in [1.807, 2.05) is 6.92 Å². The molecule has 2 rings (SSSR count). The second-order valence-electron chi connectivity index (χ2n) is 6.01. The van der Waals surface area contributed by atoms with E-state index in [-0.39, 0.29) is 23.8 Å². The lowest BCUT2D eigenvalue weighted by atomic mass is 10.3. The van der Waals surface area contributed by atoms with E-state index in [1.54, 1.807) is 4.90 Å². The van der Waals surface area contributed by atoms with Crippen LogP contribution in [-0.2, 0) is 14.8 Å². The van der Waals surface area contributed by atoms with E-state index < -0.39 is 21.7 Å². The van der Waals surface area contributed by atoms with Gasteiger partial charge in [-0.25, -0.2) is 21.9 Å². The number of benzene rings is 1. The molecule has 1 fully saturated rings. The van der Waals surface area contributed by atoms with Crippen molar-refractivity contribution in [2.24, 2.45) is 5.92 Å². The number of nitrogens with zero attached hydrogens (tertiary/aromatic N) is 1. The van der Waals surface area contributed by atoms with Gasteiger partial charge in [0.25, 0.3) is 0 Å². The van der Waals surface area contributed by atoms with Gasteiger partial charge in [0, 0.05) is 26.1 Å². The van der Waals surface area contributed by atoms with Crippen molar-refractivity contribution in [1.29, 1.82) is 0 Å². The summed E-state index contributed by atoms with van der Waals surface area (Å²) in [6.07, 6.45) is 3.15. The maximum absolute atomic E-state index is 13.1. The van der Waals surface area contributed by atoms with Gasteiger partial charge >= 0.3 is 0 Å². The Balaban J connectivity index is 1.88. The number of sulfonamides is 1. The summed E-state index contributed by atoms with van der Waals surface area (Å²) in [6.45, 7) is 3.29. The highest BCUT2D eigenvalue weighted by Gasteiger charge is 2.26. The van der Waals surface area contributed by atoms with Crippen LogP contribution in [0.3, 0.4) is 0 Å². The Kier molecular flexibility index (Phi) is 6.28. The monoisotopic (exact) mass is 360 g/mol. The summed E-state index contributed by atoms with van der Waals surface area (Å²) >= 11 is 0. The molecule has 0 spiro atoms. The van der Waals surface area contributed by atoms with Crippen molar-refractivity contribution in [1.82, 2.24) is 9.62 Å². The molecule has 0 heterocycles. The Morgan fingerprint density at radius 3 is 2.58 bits per heavy atom. The molecule has 0 aromatic heterocycles. The predicted octanol–water partition coefficient (Wildman–Crippen LogP) is 2.28. The summed E-state index contributed by atoms with van der Waals surface area (Å²) in [4.78, 5) is 13.6. The Morgan fingerprint density at radius 1 is 1.29 bits per heavy atom. The van der Waals surface area contributed by atoms with Crippen molar-refractivity contribution < 1.29 is 22.0 Å². The van der Waals surface area contributed by atoms with Gasteiger partial charge in [0.2, 0.25) is 15.9 Å². The molecule has 134 valence electrons. The third-order valence-corrected chi connectivity index (χ3v) is 5.31. The zero-order valence-corrected chi connectivity index (χ0v) is 14.4. The first-order valence-corrected chi connectivity index (χ1v) is 9.54. The maximum atomic E-state index is 13.1. The SMILES string of the molecule is CCCN(CC1CC1)C(=O)CCNS(=O)(=O)c1ccc(F)c(F)c1. The average molecular weight is 360 g/mol. The van der Waals surface area contributed by atoms with Crippen LogP contribution in [0.2, 0.25) is 0 Å². The minimum Gasteiger partial charge on any atom is -0.342 e. The minimum absolute atomic E-state index is 0.0373. The lowest BCUT2D eigenvalue weighted by Crippen LogP contribution is -2.36. The first-order chi connectivity index (χ1) is 11.3. The average Bonchev–Trinajstić information content (AvgIpc) is 3.33. The number of carbonyl (C=O) groups excluding carboxylic acids is 1. The summed E-state index contributed by atoms with van der Waals surface area (Å²) in [5, 5.41) is 0. The van der Waals surface area contributed by atoms with Gasteiger partial charge in [-0.05, 0) is 43.4 Å². The van der Waals surface area contributed by atoms with E-state index in [9.17, 15) is 22.0 Å². The number of halogens is 2. The first kappa shape index (κ1) is 18.8. The van der Waals surface area contributed by atoms with E-state index in [1.165, 1.54) is 0 Å². The van der Waals surface area contributed by atoms with Gasteiger partial charge in [0.05, 0.1) is 4.90 Å². The molecule has 1 aromatic rings. The van der Waals surface area contributed by atoms with Crippen LogP contribution in [0.25, 0.3) is 0 Å². The third-order valence-electron chi connectivity index (χ3n) is 3.85. The van der Waals surface area contributed by atoms with Crippen LogP contribution in [0.5, 0.6) is 0 Å². The summed E-state index contributed by atoms with van der Waals surface area (Å²) in [6, 6.07) is 2.36. The highest BCUT2D eigenvalue weighted by molar-refractivity contribution is 7.89. The Labute approximate surface area is 141 Å². The minimum atomic E-state index is -3.97. The molecule has 1 saturated carbocycles. The molecule has 0 radical (unpaired) electrons. The molecule has 24 heavy (non-hydrogen) atoms. The molecule has 1 amide bonds. The van der Waals surface area contributed by atoms with Crippen LogP contribution in [0.1, 0.15) is 32.6 Å². The summed E-state index contributed by atoms with van der Waals surface area (Å²) in [7, 11) is -3.97. The molecule has 5 nitrogen and oxygen atoms in total. The van der Waals surface area contributed by atoms with Gasteiger partial charge in [-0.3, -0.25) is 4.79 Å². The van der Waals surface area contributed by atoms with Crippen LogP contribution in [0, 0.1) is 17.6 Å². The van der Waals surface area contributed by atoms with Crippen LogP contribution in [-0.4, -0.2) is 38.9 Å². The van der Waals surface area contributed by atoms with E-state index in [0.717, 1.165) is 37.9 Å². The quantitative estimate of drug-likeness (QED) is 0.735. The van der Waals surface area contributed by atoms with Gasteiger partial charge in [-0.1, -0.05) is 6.92 Å². The van der Waals surface area contributed by atoms with Crippen molar-refractivity contribution in [2.75, 3.05) is 19.6 Å². The van der Waals surface area contributed by atoms with Crippen LogP contribution in [0.4, 0.5) is 8.78 Å². The van der Waals surface area contributed by atoms with E-state index in [4.69, 9.17) is 0 Å². The van der Waals surface area contributed by atoms with E-state index >= 15 is 0 Å². The van der Waals surface area contributed by atoms with Gasteiger partial charge in [0.15, 0.2) is 11.6 Å². The van der Waals surface area contributed by atoms with Gasteiger partial charge in [0.1, 0.15) is 0 Å². The second kappa shape index (κ2) is 8.02. The molecular formula is C16H22F2N2O3S. The van der Waals surface area contributed by atoms with Crippen LogP contribution >= 0.6 is 0 Å². The largest absolute Gasteiger partial charge is 0.342 e. The molecule has 0 atom stereocenters. The molecule has 1 aliphatic rings. The Hall–Kier alpha value is -1.54. The third kappa shape index (κ3) is 5.24. The van der Waals surface area contributed by atoms with Crippen LogP contribution < -0.4 is 4.72 Å². The van der Waals surface area contributed by atoms with Crippen molar-refractivity contribution in [3.8, 4) is 0 Å². The number of amides is 1. The number of hydrogen-bond acceptors (Lipinski definition) is 3. The van der Waals surface area contributed by atoms with Crippen molar-refractivity contribution >= 4 is 15.9 Å². The fourth-order valence-corrected chi connectivity index (χ4v) is 3.42. The summed E-state index contributed by atoms with van der Waals surface area (Å²) in [5.74, 6) is -1.87. The molecule has 1 aliphatic carbocycles. The molecular weight excluding hydrogens is 338 g/mol. The normalized spacial score (nSPS) is 14.6. The molecule has 1 N–H and O–H groups in total. The summed E-state index contributed by atoms with van der Waals surface area (Å²) in [5.41, 5.74) is 0. The maximum Gasteiger partial charge on any atom is 0.240 e. The van der Waals surface area contributed by atoms with Crippen molar-refractivity contribution in [3.63, 3.8) is 0 Å². The molecule has 8 heteroatoms. The molecule has 0 saturated heterocycles. The standard InChI is InChI=1S/C16H22F2N2O3S/c1-2-9-20(11-12-3-4-12)16(21)7-8-19-24(22,23)13-5-6-14(17)15(18)10-13/h5-6,10,12,19H,2-4,7-9,11H2,1H3. The number of rotatable bonds is 9. The molecule has 0 bridgehead atoms. The van der Waals surface area contributed by atoms with E-state index in [0.29, 0.717) is 18.5 Å². The molecule has 0 unspecified atom stereocenters. The van der Waals surface area contributed by atoms with Gasteiger partial charge in [-0.15, -0.1) is 0 Å². The smallest absolute Gasteiger partial charge is 0.240 e. The highest BCUT2D eigenvalue weighted by atomic mass is 32.2. The fourth-order valence-electron chi connectivity index (χ4n) is 2.38. The number of nitrogens with one attached hydrogen (secondary N) is 1. The second-order valence-corrected chi connectivity index (χ2v) is 7.77. The summed E-state index contributed by atoms with van der Waals surface area (Å²) < 4.78 is 52.4. The fraction of sp³-hybridized carbons (Fsp3) is 0.562. The van der Waals surface area contributed by atoms with Crippen molar-refractivity contribution in [3.05, 3.63) is 29.8 Å². The Morgan fingerprint density at radius 2 is 2.00 bits per heavy atom. The number of carbonyl (C=O) groups is 1. The molecule has 0 aliphatic heterocycles. The molecule has 1 aromatic carbocycles. The lowest BCUT2D eigenvalue weighted by Gasteiger charge is -2.22.